The molecule has 0 aliphatic carbocycles. The minimum Gasteiger partial charge on any atom is -0.395 e. The Morgan fingerprint density at radius 3 is 2.65 bits per heavy atom. The molecular weight excluding hydrogens is 264 g/mol. The third kappa shape index (κ3) is 3.05. The fraction of sp³-hybridized carbons (Fsp3) is 0.636. The summed E-state index contributed by atoms with van der Waals surface area (Å²) in [5.74, 6) is 0.288. The number of aliphatic hydroxyl groups excluding tert-OH is 1. The second-order valence-corrected chi connectivity index (χ2v) is 4.56. The lowest BCUT2D eigenvalue weighted by Crippen LogP contribution is -2.31. The lowest BCUT2D eigenvalue weighted by atomic mass is 10.1. The van der Waals surface area contributed by atoms with Crippen molar-refractivity contribution in [3.63, 3.8) is 0 Å². The minimum absolute atomic E-state index is 0.0840. The maximum absolute atomic E-state index is 11.2. The second-order valence-electron chi connectivity index (χ2n) is 4.56. The van der Waals surface area contributed by atoms with Crippen molar-refractivity contribution in [2.75, 3.05) is 42.2 Å². The zero-order chi connectivity index (χ0) is 14.5. The lowest BCUT2D eigenvalue weighted by molar-refractivity contribution is -0.383. The highest BCUT2D eigenvalue weighted by molar-refractivity contribution is 5.71. The van der Waals surface area contributed by atoms with Gasteiger partial charge in [-0.25, -0.2) is 0 Å². The van der Waals surface area contributed by atoms with Gasteiger partial charge in [0.15, 0.2) is 0 Å². The number of hydrogen-bond donors (Lipinski definition) is 3. The Morgan fingerprint density at radius 2 is 2.05 bits per heavy atom. The first-order chi connectivity index (χ1) is 9.63. The summed E-state index contributed by atoms with van der Waals surface area (Å²) in [7, 11) is 0. The number of nitrogens with zero attached hydrogens (tertiary/aromatic N) is 4. The Labute approximate surface area is 116 Å². The fourth-order valence-electron chi connectivity index (χ4n) is 2.21. The van der Waals surface area contributed by atoms with Gasteiger partial charge in [-0.15, -0.1) is 0 Å². The average Bonchev–Trinajstić information content (AvgIpc) is 2.45. The van der Waals surface area contributed by atoms with E-state index in [0.29, 0.717) is 0 Å². The van der Waals surface area contributed by atoms with Gasteiger partial charge in [-0.1, -0.05) is 0 Å². The molecule has 2 rings (SSSR count). The molecule has 9 heteroatoms. The van der Waals surface area contributed by atoms with Crippen LogP contribution in [0.1, 0.15) is 19.3 Å². The standard InChI is InChI=1S/C11H18N6O3/c12-9-8(17(19)20)10(16-5-2-1-3-6-16)15-11(14-9)13-4-7-18/h18H,1-7H2,(H3,12,13,14,15). The third-order valence-corrected chi connectivity index (χ3v) is 3.13. The van der Waals surface area contributed by atoms with Gasteiger partial charge >= 0.3 is 5.69 Å². The molecule has 0 unspecified atom stereocenters. The molecular formula is C11H18N6O3. The van der Waals surface area contributed by atoms with Crippen LogP contribution in [0.15, 0.2) is 0 Å². The molecule has 0 saturated carbocycles. The first-order valence-corrected chi connectivity index (χ1v) is 6.55. The van der Waals surface area contributed by atoms with E-state index in [1.807, 2.05) is 4.90 Å². The van der Waals surface area contributed by atoms with Crippen LogP contribution >= 0.6 is 0 Å². The molecule has 0 aromatic carbocycles. The van der Waals surface area contributed by atoms with Gasteiger partial charge in [-0.2, -0.15) is 9.97 Å². The number of rotatable bonds is 5. The summed E-state index contributed by atoms with van der Waals surface area (Å²) < 4.78 is 0. The molecule has 20 heavy (non-hydrogen) atoms. The highest BCUT2D eigenvalue weighted by Gasteiger charge is 2.28. The molecule has 1 fully saturated rings. The fourth-order valence-corrected chi connectivity index (χ4v) is 2.21. The maximum atomic E-state index is 11.2. The number of nitrogens with two attached hydrogens (primary N) is 1. The van der Waals surface area contributed by atoms with E-state index in [-0.39, 0.29) is 36.4 Å². The van der Waals surface area contributed by atoms with E-state index in [4.69, 9.17) is 10.8 Å². The van der Waals surface area contributed by atoms with Crippen LogP contribution < -0.4 is 16.0 Å². The number of nitrogen functional groups attached to an aromatic ring is 1. The summed E-state index contributed by atoms with van der Waals surface area (Å²) in [5.41, 5.74) is 5.43. The number of anilines is 3. The van der Waals surface area contributed by atoms with Crippen LogP contribution in [-0.2, 0) is 0 Å². The molecule has 2 heterocycles. The molecule has 0 atom stereocenters. The zero-order valence-electron chi connectivity index (χ0n) is 11.1. The van der Waals surface area contributed by atoms with Crippen LogP contribution in [0, 0.1) is 10.1 Å². The van der Waals surface area contributed by atoms with Gasteiger partial charge in [0.05, 0.1) is 11.5 Å². The molecule has 1 aliphatic rings. The van der Waals surface area contributed by atoms with Gasteiger partial charge in [0.2, 0.25) is 17.6 Å². The molecule has 0 bridgehead atoms. The number of piperidine rings is 1. The number of aliphatic hydroxyl groups is 1. The summed E-state index contributed by atoms with van der Waals surface area (Å²) in [5, 5.41) is 22.7. The first-order valence-electron chi connectivity index (χ1n) is 6.55. The quantitative estimate of drug-likeness (QED) is 0.521. The molecule has 110 valence electrons. The van der Waals surface area contributed by atoms with Crippen molar-refractivity contribution in [1.29, 1.82) is 0 Å². The maximum Gasteiger partial charge on any atom is 0.353 e. The summed E-state index contributed by atoms with van der Waals surface area (Å²) in [6.07, 6.45) is 3.06. The summed E-state index contributed by atoms with van der Waals surface area (Å²) in [4.78, 5) is 20.5. The second kappa shape index (κ2) is 6.33. The van der Waals surface area contributed by atoms with Gasteiger partial charge in [0.25, 0.3) is 0 Å². The van der Waals surface area contributed by atoms with Crippen molar-refractivity contribution in [1.82, 2.24) is 9.97 Å². The molecule has 1 aromatic heterocycles. The predicted molar refractivity (Wildman–Crippen MR) is 74.7 cm³/mol. The number of nitro groups is 1. The highest BCUT2D eigenvalue weighted by Crippen LogP contribution is 2.33. The van der Waals surface area contributed by atoms with Gasteiger partial charge in [0, 0.05) is 19.6 Å². The van der Waals surface area contributed by atoms with Crippen molar-refractivity contribution in [3.8, 4) is 0 Å². The summed E-state index contributed by atoms with van der Waals surface area (Å²) >= 11 is 0. The van der Waals surface area contributed by atoms with Gasteiger partial charge in [-0.05, 0) is 19.3 Å². The lowest BCUT2D eigenvalue weighted by Gasteiger charge is -2.27. The van der Waals surface area contributed by atoms with Crippen LogP contribution in [0.4, 0.5) is 23.3 Å². The Kier molecular flexibility index (Phi) is 4.51. The van der Waals surface area contributed by atoms with Crippen molar-refractivity contribution in [2.24, 2.45) is 0 Å². The number of hydrogen-bond acceptors (Lipinski definition) is 8. The monoisotopic (exact) mass is 282 g/mol. The molecule has 1 saturated heterocycles. The van der Waals surface area contributed by atoms with E-state index in [1.165, 1.54) is 0 Å². The van der Waals surface area contributed by atoms with Crippen molar-refractivity contribution in [2.45, 2.75) is 19.3 Å². The Morgan fingerprint density at radius 1 is 1.35 bits per heavy atom. The van der Waals surface area contributed by atoms with E-state index in [1.54, 1.807) is 0 Å². The van der Waals surface area contributed by atoms with Crippen LogP contribution in [0.5, 0.6) is 0 Å². The third-order valence-electron chi connectivity index (χ3n) is 3.13. The van der Waals surface area contributed by atoms with E-state index in [9.17, 15) is 10.1 Å². The van der Waals surface area contributed by atoms with Gasteiger partial charge in [-0.3, -0.25) is 10.1 Å². The molecule has 0 radical (unpaired) electrons. The van der Waals surface area contributed by atoms with Crippen LogP contribution in [0.25, 0.3) is 0 Å². The van der Waals surface area contributed by atoms with Gasteiger partial charge in [0.1, 0.15) is 0 Å². The molecule has 9 nitrogen and oxygen atoms in total. The molecule has 0 amide bonds. The van der Waals surface area contributed by atoms with E-state index in [0.717, 1.165) is 32.4 Å². The van der Waals surface area contributed by atoms with Crippen molar-refractivity contribution in [3.05, 3.63) is 10.1 Å². The van der Waals surface area contributed by atoms with Crippen molar-refractivity contribution >= 4 is 23.3 Å². The minimum atomic E-state index is -0.547. The molecule has 4 N–H and O–H groups in total. The van der Waals surface area contributed by atoms with E-state index in [2.05, 4.69) is 15.3 Å². The van der Waals surface area contributed by atoms with Crippen LogP contribution in [0.2, 0.25) is 0 Å². The van der Waals surface area contributed by atoms with E-state index >= 15 is 0 Å². The normalized spacial score (nSPS) is 15.2. The molecule has 0 spiro atoms. The topological polar surface area (TPSA) is 130 Å². The zero-order valence-corrected chi connectivity index (χ0v) is 11.1. The largest absolute Gasteiger partial charge is 0.395 e. The molecule has 1 aromatic rings. The first kappa shape index (κ1) is 14.3. The Balaban J connectivity index is 2.38. The summed E-state index contributed by atoms with van der Waals surface area (Å²) in [6.45, 7) is 1.61. The number of aromatic nitrogens is 2. The Bertz CT molecular complexity index is 489. The Hall–Kier alpha value is -2.16. The smallest absolute Gasteiger partial charge is 0.353 e. The number of nitrogens with one attached hydrogen (secondary N) is 1. The predicted octanol–water partition coefficient (Wildman–Crippen LogP) is 0.361. The van der Waals surface area contributed by atoms with E-state index < -0.39 is 4.92 Å². The van der Waals surface area contributed by atoms with Crippen LogP contribution in [-0.4, -0.2) is 46.2 Å². The summed E-state index contributed by atoms with van der Waals surface area (Å²) in [6, 6.07) is 0. The highest BCUT2D eigenvalue weighted by atomic mass is 16.6. The average molecular weight is 282 g/mol. The van der Waals surface area contributed by atoms with Crippen LogP contribution in [0.3, 0.4) is 0 Å². The molecule has 1 aliphatic heterocycles. The van der Waals surface area contributed by atoms with Crippen molar-refractivity contribution < 1.29 is 10.0 Å². The van der Waals surface area contributed by atoms with Gasteiger partial charge < -0.3 is 21.1 Å². The SMILES string of the molecule is Nc1nc(NCCO)nc(N2CCCCC2)c1[N+](=O)[O-].